The third kappa shape index (κ3) is 86.1. The number of carbonyl (C=O) groups is 3. The standard InChI is InChI=1S/C93H160O16P2/c1-4-7-10-13-16-19-22-25-28-30-32-34-36-38-40-41-42-43-44-45-47-49-50-52-54-56-59-61-64-67-70-73-76-79-91(96)103-82-88(94)83-105-110(99,100)106-84-89(95)85-107-111(101,102)108-87-90(109-93(98)81-78-75-72-69-66-63-58-27-24-21-18-15-12-9-6-3)86-104-92(97)80-77-74-71-68-65-62-60-57-55-53-51-48-46-39-37-35-33-31-29-26-23-20-17-14-11-8-5-2/h7,9-10,12,16-21,25-29,32-35,38-40,46,58,88-90,94-95H,4-6,8,11,13-15,22-24,30-31,36-37,41-45,47-57,59-87H2,1-3H3,(H,99,100)(H,101,102)/b10-7-,12-9-,19-16-,20-17-,21-18-,28-25-,29-26-,34-32-,35-33-,40-38-,46-39-,58-27-. The van der Waals surface area contributed by atoms with Gasteiger partial charge in [0, 0.05) is 19.3 Å². The number of hydrogen-bond donors (Lipinski definition) is 4. The van der Waals surface area contributed by atoms with E-state index in [-0.39, 0.29) is 19.3 Å². The van der Waals surface area contributed by atoms with Crippen LogP contribution in [-0.4, -0.2) is 95.9 Å². The molecular weight excluding hydrogens is 1430 g/mol. The maximum absolute atomic E-state index is 13.0. The first-order chi connectivity index (χ1) is 54.2. The van der Waals surface area contributed by atoms with Gasteiger partial charge in [-0.2, -0.15) is 0 Å². The summed E-state index contributed by atoms with van der Waals surface area (Å²) in [7, 11) is -9.80. The van der Waals surface area contributed by atoms with Gasteiger partial charge in [0.05, 0.1) is 26.4 Å². The van der Waals surface area contributed by atoms with Gasteiger partial charge in [-0.3, -0.25) is 32.5 Å². The molecule has 5 unspecified atom stereocenters. The zero-order chi connectivity index (χ0) is 80.8. The van der Waals surface area contributed by atoms with E-state index in [4.69, 9.17) is 32.3 Å². The second kappa shape index (κ2) is 84.8. The number of unbranched alkanes of at least 4 members (excludes halogenated alkanes) is 36. The molecule has 0 saturated heterocycles. The molecule has 111 heavy (non-hydrogen) atoms. The average Bonchev–Trinajstić information content (AvgIpc) is 0.902. The van der Waals surface area contributed by atoms with Crippen molar-refractivity contribution in [2.45, 2.75) is 386 Å². The normalized spacial score (nSPS) is 14.5. The molecule has 0 aliphatic rings. The van der Waals surface area contributed by atoms with E-state index in [1.165, 1.54) is 154 Å². The van der Waals surface area contributed by atoms with Crippen LogP contribution in [0.25, 0.3) is 0 Å². The van der Waals surface area contributed by atoms with Crippen molar-refractivity contribution in [2.24, 2.45) is 0 Å². The van der Waals surface area contributed by atoms with Gasteiger partial charge in [0.1, 0.15) is 25.4 Å². The van der Waals surface area contributed by atoms with Crippen molar-refractivity contribution in [3.8, 4) is 0 Å². The molecule has 0 aromatic carbocycles. The number of phosphoric ester groups is 2. The number of phosphoric acid groups is 2. The van der Waals surface area contributed by atoms with Crippen LogP contribution in [0.2, 0.25) is 0 Å². The molecule has 0 aromatic rings. The smallest absolute Gasteiger partial charge is 0.463 e. The summed E-state index contributed by atoms with van der Waals surface area (Å²) < 4.78 is 61.3. The van der Waals surface area contributed by atoms with Gasteiger partial charge in [-0.25, -0.2) is 9.13 Å². The first-order valence-corrected chi connectivity index (χ1v) is 47.1. The van der Waals surface area contributed by atoms with E-state index < -0.39 is 91.5 Å². The number of carbonyl (C=O) groups excluding carboxylic acids is 3. The molecule has 0 saturated carbocycles. The summed E-state index contributed by atoms with van der Waals surface area (Å²) in [4.78, 5) is 58.8. The van der Waals surface area contributed by atoms with Crippen LogP contribution in [0, 0.1) is 0 Å². The molecule has 16 nitrogen and oxygen atoms in total. The monoisotopic (exact) mass is 1600 g/mol. The number of ether oxygens (including phenoxy) is 3. The number of aliphatic hydroxyl groups excluding tert-OH is 2. The van der Waals surface area contributed by atoms with E-state index >= 15 is 0 Å². The van der Waals surface area contributed by atoms with Gasteiger partial charge in [0.25, 0.3) is 0 Å². The minimum Gasteiger partial charge on any atom is -0.463 e. The molecule has 0 aliphatic heterocycles. The number of allylic oxidation sites excluding steroid dienone is 24. The highest BCUT2D eigenvalue weighted by Gasteiger charge is 2.29. The summed E-state index contributed by atoms with van der Waals surface area (Å²) in [5, 5.41) is 20.7. The minimum atomic E-state index is -4.94. The summed E-state index contributed by atoms with van der Waals surface area (Å²) in [6.45, 7) is 2.44. The lowest BCUT2D eigenvalue weighted by molar-refractivity contribution is -0.161. The fourth-order valence-corrected chi connectivity index (χ4v) is 13.5. The van der Waals surface area contributed by atoms with Crippen LogP contribution in [-0.2, 0) is 55.8 Å². The SMILES string of the molecule is CC/C=C\C/C=C\C/C=C\C/C=C\C/C=C\CCCCCCCCCCCCCCCCCCCC(=O)OCC(O)COP(=O)(O)OCC(O)COP(=O)(O)OCC(COC(=O)CCCCCCCCCCCCC/C=C\C/C=C\C/C=C\C/C=C\CCCCC)OC(=O)CCCCCCC/C=C\C/C=C\C/C=C\CC. The molecule has 0 heterocycles. The molecule has 0 amide bonds. The average molecular weight is 1600 g/mol. The zero-order valence-corrected chi connectivity index (χ0v) is 71.9. The minimum absolute atomic E-state index is 0.0824. The maximum Gasteiger partial charge on any atom is 0.472 e. The molecule has 0 bridgehead atoms. The number of aliphatic hydroxyl groups is 2. The Hall–Kier alpha value is -4.57. The van der Waals surface area contributed by atoms with Gasteiger partial charge in [-0.15, -0.1) is 0 Å². The predicted molar refractivity (Wildman–Crippen MR) is 463 cm³/mol. The van der Waals surface area contributed by atoms with Crippen LogP contribution in [0.5, 0.6) is 0 Å². The third-order valence-corrected chi connectivity index (χ3v) is 20.4. The van der Waals surface area contributed by atoms with Crippen molar-refractivity contribution >= 4 is 33.6 Å². The third-order valence-electron chi connectivity index (χ3n) is 18.5. The van der Waals surface area contributed by atoms with E-state index in [9.17, 15) is 43.5 Å². The topological polar surface area (TPSA) is 231 Å². The van der Waals surface area contributed by atoms with Crippen molar-refractivity contribution in [1.82, 2.24) is 0 Å². The molecule has 638 valence electrons. The van der Waals surface area contributed by atoms with Gasteiger partial charge in [-0.1, -0.05) is 353 Å². The van der Waals surface area contributed by atoms with Crippen molar-refractivity contribution < 1.29 is 75.8 Å². The first kappa shape index (κ1) is 106. The Labute approximate surface area is 677 Å². The molecule has 0 fully saturated rings. The van der Waals surface area contributed by atoms with E-state index in [1.54, 1.807) is 0 Å². The van der Waals surface area contributed by atoms with Crippen LogP contribution in [0.15, 0.2) is 146 Å². The van der Waals surface area contributed by atoms with Gasteiger partial charge < -0.3 is 34.2 Å². The number of hydrogen-bond acceptors (Lipinski definition) is 14. The van der Waals surface area contributed by atoms with Gasteiger partial charge in [0.15, 0.2) is 6.10 Å². The lowest BCUT2D eigenvalue weighted by atomic mass is 10.0. The predicted octanol–water partition coefficient (Wildman–Crippen LogP) is 26.8. The molecule has 4 N–H and O–H groups in total. The van der Waals surface area contributed by atoms with Crippen LogP contribution in [0.1, 0.15) is 367 Å². The Kier molecular flexibility index (Phi) is 81.3. The van der Waals surface area contributed by atoms with Crippen LogP contribution < -0.4 is 0 Å². The lowest BCUT2D eigenvalue weighted by Gasteiger charge is -2.21. The molecule has 0 radical (unpaired) electrons. The second-order valence-electron chi connectivity index (χ2n) is 29.3. The number of esters is 3. The highest BCUT2D eigenvalue weighted by atomic mass is 31.2. The highest BCUT2D eigenvalue weighted by Crippen LogP contribution is 2.45. The second-order valence-corrected chi connectivity index (χ2v) is 32.2. The fraction of sp³-hybridized carbons (Fsp3) is 0.710. The van der Waals surface area contributed by atoms with E-state index in [1.807, 2.05) is 0 Å². The van der Waals surface area contributed by atoms with Gasteiger partial charge in [-0.05, 0) is 141 Å². The van der Waals surface area contributed by atoms with E-state index in [0.29, 0.717) is 19.3 Å². The van der Waals surface area contributed by atoms with Crippen LogP contribution in [0.3, 0.4) is 0 Å². The first-order valence-electron chi connectivity index (χ1n) is 44.1. The van der Waals surface area contributed by atoms with Crippen molar-refractivity contribution in [1.29, 1.82) is 0 Å². The summed E-state index contributed by atoms with van der Waals surface area (Å²) in [6, 6.07) is 0. The summed E-state index contributed by atoms with van der Waals surface area (Å²) in [6.07, 6.45) is 106. The van der Waals surface area contributed by atoms with Crippen molar-refractivity contribution in [3.05, 3.63) is 146 Å². The number of rotatable bonds is 83. The summed E-state index contributed by atoms with van der Waals surface area (Å²) in [5.74, 6) is -1.59. The molecule has 18 heteroatoms. The van der Waals surface area contributed by atoms with E-state index in [0.717, 1.165) is 154 Å². The Balaban J connectivity index is 4.46. The fourth-order valence-electron chi connectivity index (χ4n) is 11.9. The molecule has 0 rings (SSSR count). The molecule has 0 aromatic heterocycles. The summed E-state index contributed by atoms with van der Waals surface area (Å²) in [5.41, 5.74) is 0. The largest absolute Gasteiger partial charge is 0.472 e. The Morgan fingerprint density at radius 3 is 0.757 bits per heavy atom. The molecule has 0 spiro atoms. The summed E-state index contributed by atoms with van der Waals surface area (Å²) >= 11 is 0. The zero-order valence-electron chi connectivity index (χ0n) is 70.1. The van der Waals surface area contributed by atoms with Crippen molar-refractivity contribution in [3.63, 3.8) is 0 Å². The Morgan fingerprint density at radius 1 is 0.261 bits per heavy atom. The van der Waals surface area contributed by atoms with Crippen molar-refractivity contribution in [2.75, 3.05) is 39.6 Å². The van der Waals surface area contributed by atoms with Gasteiger partial charge in [0.2, 0.25) is 0 Å². The Bertz CT molecular complexity index is 2600. The lowest BCUT2D eigenvalue weighted by Crippen LogP contribution is -2.30. The van der Waals surface area contributed by atoms with E-state index in [2.05, 4.69) is 167 Å². The maximum atomic E-state index is 13.0. The highest BCUT2D eigenvalue weighted by molar-refractivity contribution is 7.47. The Morgan fingerprint density at radius 2 is 0.477 bits per heavy atom. The quantitative estimate of drug-likeness (QED) is 0.0146. The molecule has 0 aliphatic carbocycles. The van der Waals surface area contributed by atoms with Gasteiger partial charge >= 0.3 is 33.6 Å². The van der Waals surface area contributed by atoms with Crippen LogP contribution >= 0.6 is 15.6 Å². The molecule has 5 atom stereocenters. The molecular formula is C93H160O16P2. The van der Waals surface area contributed by atoms with Crippen LogP contribution in [0.4, 0.5) is 0 Å².